The van der Waals surface area contributed by atoms with Crippen molar-refractivity contribution in [1.29, 1.82) is 0 Å². The fraction of sp³-hybridized carbons (Fsp3) is 0.111. The monoisotopic (exact) mass is 245 g/mol. The Balaban J connectivity index is 2.72. The van der Waals surface area contributed by atoms with Gasteiger partial charge in [0.15, 0.2) is 5.82 Å². The summed E-state index contributed by atoms with van der Waals surface area (Å²) in [7, 11) is 0. The van der Waals surface area contributed by atoms with Gasteiger partial charge >= 0.3 is 12.3 Å². The van der Waals surface area contributed by atoms with Gasteiger partial charge in [0.25, 0.3) is 0 Å². The molecule has 0 unspecified atom stereocenters. The Bertz CT molecular complexity index is 603. The zero-order valence-electron chi connectivity index (χ0n) is 8.19. The van der Waals surface area contributed by atoms with Crippen LogP contribution in [0.1, 0.15) is 5.56 Å². The molecule has 2 rings (SSSR count). The average molecular weight is 245 g/mol. The fourth-order valence-corrected chi connectivity index (χ4v) is 1.46. The number of nitrogens with zero attached hydrogens (tertiary/aromatic N) is 2. The van der Waals surface area contributed by atoms with Crippen LogP contribution in [-0.2, 0) is 6.18 Å². The van der Waals surface area contributed by atoms with Gasteiger partial charge in [-0.2, -0.15) is 17.9 Å². The Kier molecular flexibility index (Phi) is 2.23. The maximum Gasteiger partial charge on any atom is 0.432 e. The number of benzene rings is 1. The predicted molar refractivity (Wildman–Crippen MR) is 52.6 cm³/mol. The number of nitrogen functional groups attached to an aromatic ring is 1. The van der Waals surface area contributed by atoms with Gasteiger partial charge in [-0.1, -0.05) is 0 Å². The van der Waals surface area contributed by atoms with Crippen LogP contribution >= 0.6 is 0 Å². The summed E-state index contributed by atoms with van der Waals surface area (Å²) in [6, 6.07) is 2.58. The predicted octanol–water partition coefficient (Wildman–Crippen LogP) is 2.16. The number of hydrogen-bond donors (Lipinski definition) is 2. The van der Waals surface area contributed by atoms with E-state index in [2.05, 4.69) is 5.10 Å². The van der Waals surface area contributed by atoms with E-state index in [4.69, 9.17) is 10.8 Å². The van der Waals surface area contributed by atoms with E-state index in [9.17, 15) is 18.0 Å². The third-order valence-electron chi connectivity index (χ3n) is 2.22. The van der Waals surface area contributed by atoms with Gasteiger partial charge in [0.1, 0.15) is 0 Å². The van der Waals surface area contributed by atoms with Crippen LogP contribution in [0.25, 0.3) is 10.9 Å². The quantitative estimate of drug-likeness (QED) is 0.745. The van der Waals surface area contributed by atoms with Crippen LogP contribution < -0.4 is 5.73 Å². The van der Waals surface area contributed by atoms with Crippen molar-refractivity contribution in [3.05, 3.63) is 23.8 Å². The van der Waals surface area contributed by atoms with Crippen molar-refractivity contribution in [2.45, 2.75) is 6.18 Å². The first-order chi connectivity index (χ1) is 7.80. The summed E-state index contributed by atoms with van der Waals surface area (Å²) in [6.45, 7) is 0. The lowest BCUT2D eigenvalue weighted by Crippen LogP contribution is -2.10. The van der Waals surface area contributed by atoms with E-state index in [1.807, 2.05) is 0 Å². The van der Waals surface area contributed by atoms with Crippen molar-refractivity contribution in [2.75, 3.05) is 5.73 Å². The van der Waals surface area contributed by atoms with Crippen LogP contribution in [0.2, 0.25) is 0 Å². The summed E-state index contributed by atoms with van der Waals surface area (Å²) < 4.78 is 37.8. The molecule has 0 spiro atoms. The number of halogens is 3. The second kappa shape index (κ2) is 3.37. The molecular formula is C9H6F3N3O2. The Labute approximate surface area is 92.2 Å². The number of rotatable bonds is 0. The van der Waals surface area contributed by atoms with Crippen molar-refractivity contribution < 1.29 is 23.1 Å². The molecule has 3 N–H and O–H groups in total. The van der Waals surface area contributed by atoms with Crippen molar-refractivity contribution in [2.24, 2.45) is 0 Å². The topological polar surface area (TPSA) is 81.1 Å². The summed E-state index contributed by atoms with van der Waals surface area (Å²) in [5, 5.41) is 12.1. The van der Waals surface area contributed by atoms with Gasteiger partial charge in [-0.3, -0.25) is 0 Å². The Morgan fingerprint density at radius 1 is 1.41 bits per heavy atom. The van der Waals surface area contributed by atoms with Crippen LogP contribution in [0.5, 0.6) is 0 Å². The third-order valence-corrected chi connectivity index (χ3v) is 2.22. The molecule has 90 valence electrons. The number of carboxylic acid groups (broad SMARTS) is 1. The number of anilines is 1. The molecule has 8 heteroatoms. The highest BCUT2D eigenvalue weighted by Gasteiger charge is 2.31. The number of aromatic nitrogens is 2. The van der Waals surface area contributed by atoms with E-state index in [1.165, 1.54) is 0 Å². The second-order valence-corrected chi connectivity index (χ2v) is 3.31. The molecule has 0 bridgehead atoms. The van der Waals surface area contributed by atoms with Gasteiger partial charge in [-0.25, -0.2) is 4.79 Å². The lowest BCUT2D eigenvalue weighted by Gasteiger charge is -2.06. The lowest BCUT2D eigenvalue weighted by atomic mass is 10.1. The standard InChI is InChI=1S/C9H6F3N3O2/c10-9(11,12)4-1-2-6-5(3-4)7(13)14-15(6)8(16)17/h1-3H,(H2,13,14)(H,16,17). The van der Waals surface area contributed by atoms with Crippen molar-refractivity contribution in [3.8, 4) is 0 Å². The molecule has 0 radical (unpaired) electrons. The molecule has 1 aromatic carbocycles. The number of nitrogens with two attached hydrogens (primary N) is 1. The molecule has 1 heterocycles. The largest absolute Gasteiger partial charge is 0.463 e. The second-order valence-electron chi connectivity index (χ2n) is 3.31. The number of fused-ring (bicyclic) bond motifs is 1. The van der Waals surface area contributed by atoms with Gasteiger partial charge in [0, 0.05) is 5.39 Å². The molecule has 0 fully saturated rings. The van der Waals surface area contributed by atoms with Crippen LogP contribution in [0.3, 0.4) is 0 Å². The Hall–Kier alpha value is -2.25. The molecule has 0 saturated heterocycles. The van der Waals surface area contributed by atoms with Crippen molar-refractivity contribution in [3.63, 3.8) is 0 Å². The van der Waals surface area contributed by atoms with Crippen LogP contribution in [0, 0.1) is 0 Å². The SMILES string of the molecule is Nc1nn(C(=O)O)c2ccc(C(F)(F)F)cc12. The lowest BCUT2D eigenvalue weighted by molar-refractivity contribution is -0.137. The highest BCUT2D eigenvalue weighted by molar-refractivity contribution is 5.94. The molecule has 0 aliphatic heterocycles. The van der Waals surface area contributed by atoms with Gasteiger partial charge in [0.05, 0.1) is 11.1 Å². The summed E-state index contributed by atoms with van der Waals surface area (Å²) >= 11 is 0. The minimum absolute atomic E-state index is 0.0167. The molecule has 1 aromatic heterocycles. The van der Waals surface area contributed by atoms with E-state index in [1.54, 1.807) is 0 Å². The molecule has 0 atom stereocenters. The zero-order valence-corrected chi connectivity index (χ0v) is 8.19. The van der Waals surface area contributed by atoms with E-state index < -0.39 is 17.8 Å². The summed E-state index contributed by atoms with van der Waals surface area (Å²) in [4.78, 5) is 10.7. The zero-order chi connectivity index (χ0) is 12.8. The molecule has 0 saturated carbocycles. The van der Waals surface area contributed by atoms with E-state index >= 15 is 0 Å². The number of hydrogen-bond acceptors (Lipinski definition) is 3. The average Bonchev–Trinajstić information content (AvgIpc) is 2.55. The first kappa shape index (κ1) is 11.2. The normalized spacial score (nSPS) is 11.9. The van der Waals surface area contributed by atoms with Gasteiger partial charge in [0.2, 0.25) is 0 Å². The van der Waals surface area contributed by atoms with Gasteiger partial charge in [-0.15, -0.1) is 5.10 Å². The minimum Gasteiger partial charge on any atom is -0.463 e. The van der Waals surface area contributed by atoms with Crippen LogP contribution in [-0.4, -0.2) is 21.0 Å². The fourth-order valence-electron chi connectivity index (χ4n) is 1.46. The summed E-state index contributed by atoms with van der Waals surface area (Å²) in [5.41, 5.74) is 4.48. The third kappa shape index (κ3) is 1.77. The molecule has 17 heavy (non-hydrogen) atoms. The summed E-state index contributed by atoms with van der Waals surface area (Å²) in [6.07, 6.45) is -5.92. The maximum atomic E-state index is 12.4. The smallest absolute Gasteiger partial charge is 0.432 e. The van der Waals surface area contributed by atoms with Crippen LogP contribution in [0.15, 0.2) is 18.2 Å². The molecule has 0 aliphatic carbocycles. The number of alkyl halides is 3. The Morgan fingerprint density at radius 3 is 2.59 bits per heavy atom. The minimum atomic E-state index is -4.51. The molecule has 0 amide bonds. The molecule has 0 aliphatic rings. The van der Waals surface area contributed by atoms with Gasteiger partial charge < -0.3 is 10.8 Å². The summed E-state index contributed by atoms with van der Waals surface area (Å²) in [5.74, 6) is -0.256. The van der Waals surface area contributed by atoms with Crippen molar-refractivity contribution in [1.82, 2.24) is 9.78 Å². The highest BCUT2D eigenvalue weighted by atomic mass is 19.4. The first-order valence-electron chi connectivity index (χ1n) is 4.39. The first-order valence-corrected chi connectivity index (χ1v) is 4.39. The maximum absolute atomic E-state index is 12.4. The molecule has 5 nitrogen and oxygen atoms in total. The van der Waals surface area contributed by atoms with Gasteiger partial charge in [-0.05, 0) is 18.2 Å². The van der Waals surface area contributed by atoms with Crippen LogP contribution in [0.4, 0.5) is 23.8 Å². The van der Waals surface area contributed by atoms with E-state index in [-0.39, 0.29) is 16.7 Å². The highest BCUT2D eigenvalue weighted by Crippen LogP contribution is 2.32. The molecule has 2 aromatic rings. The number of carbonyl (C=O) groups is 1. The van der Waals surface area contributed by atoms with E-state index in [0.717, 1.165) is 18.2 Å². The van der Waals surface area contributed by atoms with Crippen molar-refractivity contribution >= 4 is 22.8 Å². The Morgan fingerprint density at radius 2 is 2.06 bits per heavy atom. The van der Waals surface area contributed by atoms with E-state index in [0.29, 0.717) is 4.68 Å². The molecular weight excluding hydrogens is 239 g/mol.